The summed E-state index contributed by atoms with van der Waals surface area (Å²) in [5, 5.41) is 3.61. The molecule has 0 spiro atoms. The van der Waals surface area contributed by atoms with Gasteiger partial charge in [0, 0.05) is 25.2 Å². The molecular formula is C13H19N3O. The molecular weight excluding hydrogens is 214 g/mol. The second kappa shape index (κ2) is 4.18. The fourth-order valence-electron chi connectivity index (χ4n) is 3.14. The zero-order chi connectivity index (χ0) is 11.8. The molecule has 1 N–H and O–H groups in total. The van der Waals surface area contributed by atoms with Gasteiger partial charge < -0.3 is 15.0 Å². The molecule has 1 aliphatic carbocycles. The van der Waals surface area contributed by atoms with Crippen LogP contribution in [-0.4, -0.2) is 43.2 Å². The fourth-order valence-corrected chi connectivity index (χ4v) is 3.14. The van der Waals surface area contributed by atoms with E-state index >= 15 is 0 Å². The lowest BCUT2D eigenvalue weighted by Gasteiger charge is -2.53. The lowest BCUT2D eigenvalue weighted by molar-refractivity contribution is 0.0270. The van der Waals surface area contributed by atoms with Gasteiger partial charge in [0.25, 0.3) is 0 Å². The molecule has 1 aliphatic heterocycles. The number of fused-ring (bicyclic) bond motifs is 2. The lowest BCUT2D eigenvalue weighted by atomic mass is 9.66. The van der Waals surface area contributed by atoms with Crippen LogP contribution in [0.15, 0.2) is 18.3 Å². The molecule has 1 aromatic rings. The van der Waals surface area contributed by atoms with Gasteiger partial charge in [0.1, 0.15) is 0 Å². The number of hydrogen-bond acceptors (Lipinski definition) is 4. The zero-order valence-electron chi connectivity index (χ0n) is 10.4. The molecule has 0 aromatic carbocycles. The van der Waals surface area contributed by atoms with Gasteiger partial charge in [0.2, 0.25) is 5.88 Å². The predicted molar refractivity (Wildman–Crippen MR) is 67.3 cm³/mol. The van der Waals surface area contributed by atoms with Crippen molar-refractivity contribution in [1.29, 1.82) is 0 Å². The average Bonchev–Trinajstić information content (AvgIpc) is 2.36. The predicted octanol–water partition coefficient (Wildman–Crippen LogP) is 1.45. The zero-order valence-corrected chi connectivity index (χ0v) is 10.4. The first-order valence-electron chi connectivity index (χ1n) is 6.21. The summed E-state index contributed by atoms with van der Waals surface area (Å²) in [6, 6.07) is 4.59. The van der Waals surface area contributed by atoms with Crippen LogP contribution >= 0.6 is 0 Å². The first-order chi connectivity index (χ1) is 8.26. The summed E-state index contributed by atoms with van der Waals surface area (Å²) < 4.78 is 5.06. The first-order valence-corrected chi connectivity index (χ1v) is 6.21. The lowest BCUT2D eigenvalue weighted by Crippen LogP contribution is -2.60. The topological polar surface area (TPSA) is 37.4 Å². The third-order valence-corrected chi connectivity index (χ3v) is 3.99. The first kappa shape index (κ1) is 10.8. The summed E-state index contributed by atoms with van der Waals surface area (Å²) in [4.78, 5) is 6.66. The quantitative estimate of drug-likeness (QED) is 0.857. The van der Waals surface area contributed by atoms with Crippen LogP contribution in [0.3, 0.4) is 0 Å². The number of nitrogens with zero attached hydrogens (tertiary/aromatic N) is 2. The van der Waals surface area contributed by atoms with Gasteiger partial charge >= 0.3 is 0 Å². The van der Waals surface area contributed by atoms with E-state index in [4.69, 9.17) is 4.74 Å². The minimum Gasteiger partial charge on any atom is -0.481 e. The van der Waals surface area contributed by atoms with Gasteiger partial charge in [-0.1, -0.05) is 0 Å². The number of pyridine rings is 1. The van der Waals surface area contributed by atoms with Gasteiger partial charge in [-0.3, -0.25) is 0 Å². The third-order valence-electron chi connectivity index (χ3n) is 3.99. The van der Waals surface area contributed by atoms with Crippen molar-refractivity contribution in [3.8, 4) is 5.88 Å². The second-order valence-electron chi connectivity index (χ2n) is 5.24. The average molecular weight is 233 g/mol. The van der Waals surface area contributed by atoms with Crippen molar-refractivity contribution < 1.29 is 4.74 Å². The molecule has 17 heavy (non-hydrogen) atoms. The Morgan fingerprint density at radius 2 is 2.12 bits per heavy atom. The number of anilines is 1. The van der Waals surface area contributed by atoms with Crippen LogP contribution in [0.1, 0.15) is 6.42 Å². The number of methoxy groups -OCH3 is 1. The van der Waals surface area contributed by atoms with Crippen LogP contribution in [0.25, 0.3) is 0 Å². The van der Waals surface area contributed by atoms with E-state index in [1.165, 1.54) is 19.5 Å². The smallest absolute Gasteiger partial charge is 0.213 e. The highest BCUT2D eigenvalue weighted by molar-refractivity contribution is 5.44. The largest absolute Gasteiger partial charge is 0.481 e. The van der Waals surface area contributed by atoms with E-state index in [2.05, 4.69) is 22.2 Å². The molecule has 1 saturated carbocycles. The summed E-state index contributed by atoms with van der Waals surface area (Å²) in [5.41, 5.74) is 1.11. The van der Waals surface area contributed by atoms with Crippen LogP contribution in [0, 0.1) is 11.8 Å². The molecule has 2 heterocycles. The maximum absolute atomic E-state index is 5.06. The van der Waals surface area contributed by atoms with Gasteiger partial charge in [-0.15, -0.1) is 0 Å². The van der Waals surface area contributed by atoms with Crippen molar-refractivity contribution in [1.82, 2.24) is 9.88 Å². The summed E-state index contributed by atoms with van der Waals surface area (Å²) in [6.45, 7) is 2.44. The van der Waals surface area contributed by atoms with Crippen molar-refractivity contribution in [3.63, 3.8) is 0 Å². The molecule has 1 saturated heterocycles. The van der Waals surface area contributed by atoms with Gasteiger partial charge in [-0.25, -0.2) is 4.98 Å². The standard InChI is InChI=1S/C13H19N3O/c1-16-7-9-5-10(8-16)13(9)15-11-3-4-12(17-2)14-6-11/h3-4,6,9-10,13,15H,5,7-8H2,1-2H3. The van der Waals surface area contributed by atoms with Crippen molar-refractivity contribution in [2.75, 3.05) is 32.6 Å². The van der Waals surface area contributed by atoms with Crippen LogP contribution in [0.2, 0.25) is 0 Å². The molecule has 92 valence electrons. The van der Waals surface area contributed by atoms with Gasteiger partial charge in [-0.05, 0) is 31.4 Å². The van der Waals surface area contributed by atoms with E-state index in [0.717, 1.165) is 17.5 Å². The summed E-state index contributed by atoms with van der Waals surface area (Å²) in [5.74, 6) is 2.28. The van der Waals surface area contributed by atoms with Crippen LogP contribution in [-0.2, 0) is 0 Å². The van der Waals surface area contributed by atoms with Gasteiger partial charge in [-0.2, -0.15) is 0 Å². The van der Waals surface area contributed by atoms with Crippen molar-refractivity contribution in [2.45, 2.75) is 12.5 Å². The maximum atomic E-state index is 5.06. The molecule has 2 bridgehead atoms. The normalized spacial score (nSPS) is 31.8. The summed E-state index contributed by atoms with van der Waals surface area (Å²) in [7, 11) is 3.85. The van der Waals surface area contributed by atoms with Crippen LogP contribution < -0.4 is 10.1 Å². The monoisotopic (exact) mass is 233 g/mol. The Balaban J connectivity index is 1.64. The Labute approximate surface area is 102 Å². The molecule has 2 fully saturated rings. The number of hydrogen-bond donors (Lipinski definition) is 1. The number of nitrogens with one attached hydrogen (secondary N) is 1. The van der Waals surface area contributed by atoms with E-state index in [1.54, 1.807) is 7.11 Å². The molecule has 4 heteroatoms. The number of rotatable bonds is 3. The molecule has 2 aliphatic rings. The van der Waals surface area contributed by atoms with Crippen molar-refractivity contribution in [2.24, 2.45) is 11.8 Å². The van der Waals surface area contributed by atoms with Crippen molar-refractivity contribution in [3.05, 3.63) is 18.3 Å². The summed E-state index contributed by atoms with van der Waals surface area (Å²) in [6.07, 6.45) is 3.24. The Hall–Kier alpha value is -1.29. The minimum atomic E-state index is 0.640. The SMILES string of the molecule is COc1ccc(NC2C3CC2CN(C)C3)cn1. The van der Waals surface area contributed by atoms with Crippen LogP contribution in [0.5, 0.6) is 5.88 Å². The Morgan fingerprint density at radius 3 is 2.71 bits per heavy atom. The van der Waals surface area contributed by atoms with Crippen molar-refractivity contribution >= 4 is 5.69 Å². The molecule has 4 nitrogen and oxygen atoms in total. The van der Waals surface area contributed by atoms with E-state index in [-0.39, 0.29) is 0 Å². The van der Waals surface area contributed by atoms with E-state index in [9.17, 15) is 0 Å². The van der Waals surface area contributed by atoms with E-state index in [1.807, 2.05) is 18.3 Å². The highest BCUT2D eigenvalue weighted by atomic mass is 16.5. The van der Waals surface area contributed by atoms with E-state index in [0.29, 0.717) is 11.9 Å². The molecule has 2 unspecified atom stereocenters. The Kier molecular flexibility index (Phi) is 2.67. The number of ether oxygens (including phenoxy) is 1. The van der Waals surface area contributed by atoms with Gasteiger partial charge in [0.15, 0.2) is 0 Å². The molecule has 1 aromatic heterocycles. The molecule has 3 rings (SSSR count). The number of likely N-dealkylation sites (tertiary alicyclic amines) is 1. The summed E-state index contributed by atoms with van der Waals surface area (Å²) >= 11 is 0. The fraction of sp³-hybridized carbons (Fsp3) is 0.615. The third kappa shape index (κ3) is 1.97. The highest BCUT2D eigenvalue weighted by Crippen LogP contribution is 2.41. The minimum absolute atomic E-state index is 0.640. The molecule has 2 atom stereocenters. The number of aromatic nitrogens is 1. The number of piperidine rings is 2. The maximum Gasteiger partial charge on any atom is 0.213 e. The highest BCUT2D eigenvalue weighted by Gasteiger charge is 2.45. The Morgan fingerprint density at radius 1 is 1.35 bits per heavy atom. The molecule has 0 amide bonds. The van der Waals surface area contributed by atoms with Crippen LogP contribution in [0.4, 0.5) is 5.69 Å². The molecule has 0 radical (unpaired) electrons. The second-order valence-corrected chi connectivity index (χ2v) is 5.24. The van der Waals surface area contributed by atoms with E-state index < -0.39 is 0 Å². The Bertz CT molecular complexity index is 380. The van der Waals surface area contributed by atoms with Gasteiger partial charge in [0.05, 0.1) is 19.0 Å².